The molecular weight excluding hydrogens is 435 g/mol. The van der Waals surface area contributed by atoms with Crippen molar-refractivity contribution in [2.45, 2.75) is 57.0 Å². The van der Waals surface area contributed by atoms with E-state index < -0.39 is 12.1 Å². The lowest BCUT2D eigenvalue weighted by Crippen LogP contribution is -2.33. The van der Waals surface area contributed by atoms with Gasteiger partial charge in [0.1, 0.15) is 0 Å². The van der Waals surface area contributed by atoms with Crippen molar-refractivity contribution < 1.29 is 37.3 Å². The number of ether oxygens (including phenoxy) is 3. The highest BCUT2D eigenvalue weighted by atomic mass is 32.1. The zero-order valence-corrected chi connectivity index (χ0v) is 18.5. The summed E-state index contributed by atoms with van der Waals surface area (Å²) in [6.45, 7) is 8.94. The number of nitrogens with zero attached hydrogens (tertiary/aromatic N) is 1. The number of rotatable bonds is 5. The third-order valence-corrected chi connectivity index (χ3v) is 7.06. The Hall–Kier alpha value is -1.20. The summed E-state index contributed by atoms with van der Waals surface area (Å²) < 4.78 is 49.6. The second-order valence-corrected chi connectivity index (χ2v) is 9.50. The minimum absolute atomic E-state index is 0.0471. The van der Waals surface area contributed by atoms with Gasteiger partial charge in [0.25, 0.3) is 0 Å². The Balaban J connectivity index is 0.000000339. The normalized spacial score (nSPS) is 27.4. The average molecular weight is 466 g/mol. The molecule has 3 aliphatic heterocycles. The molecule has 0 amide bonds. The van der Waals surface area contributed by atoms with Crippen LogP contribution in [0.4, 0.5) is 13.2 Å². The van der Waals surface area contributed by atoms with E-state index in [-0.39, 0.29) is 11.7 Å². The number of halogens is 3. The quantitative estimate of drug-likeness (QED) is 0.712. The molecule has 176 valence electrons. The van der Waals surface area contributed by atoms with E-state index in [9.17, 15) is 13.2 Å². The first kappa shape index (κ1) is 24.4. The van der Waals surface area contributed by atoms with Gasteiger partial charge < -0.3 is 19.3 Å². The van der Waals surface area contributed by atoms with Crippen molar-refractivity contribution in [3.8, 4) is 0 Å². The second kappa shape index (κ2) is 10.6. The van der Waals surface area contributed by atoms with Crippen LogP contribution in [0.25, 0.3) is 0 Å². The lowest BCUT2D eigenvalue weighted by atomic mass is 9.98. The second-order valence-electron chi connectivity index (χ2n) is 8.50. The molecule has 4 rings (SSSR count). The van der Waals surface area contributed by atoms with E-state index in [1.807, 2.05) is 11.3 Å². The molecule has 3 fully saturated rings. The van der Waals surface area contributed by atoms with Gasteiger partial charge in [0, 0.05) is 44.1 Å². The Morgan fingerprint density at radius 2 is 2.10 bits per heavy atom. The van der Waals surface area contributed by atoms with Crippen LogP contribution in [0.5, 0.6) is 0 Å². The van der Waals surface area contributed by atoms with E-state index in [0.717, 1.165) is 71.7 Å². The maximum absolute atomic E-state index is 10.6. The molecule has 0 aliphatic carbocycles. The number of hydrogen-bond donors (Lipinski definition) is 1. The molecule has 1 N–H and O–H groups in total. The molecule has 2 atom stereocenters. The maximum atomic E-state index is 10.6. The zero-order valence-electron chi connectivity index (χ0n) is 17.7. The Labute approximate surface area is 184 Å². The highest BCUT2D eigenvalue weighted by Gasteiger charge is 2.46. The van der Waals surface area contributed by atoms with Gasteiger partial charge in [-0.3, -0.25) is 4.90 Å². The molecule has 0 unspecified atom stereocenters. The largest absolute Gasteiger partial charge is 0.490 e. The number of thiophene rings is 1. The summed E-state index contributed by atoms with van der Waals surface area (Å²) >= 11 is 1.87. The van der Waals surface area contributed by atoms with Crippen molar-refractivity contribution in [1.82, 2.24) is 4.90 Å². The van der Waals surface area contributed by atoms with Crippen molar-refractivity contribution in [3.05, 3.63) is 21.9 Å². The summed E-state index contributed by atoms with van der Waals surface area (Å²) in [7, 11) is 0. The van der Waals surface area contributed by atoms with Gasteiger partial charge in [-0.1, -0.05) is 0 Å². The summed E-state index contributed by atoms with van der Waals surface area (Å²) in [4.78, 5) is 12.9. The fourth-order valence-corrected chi connectivity index (χ4v) is 5.16. The maximum Gasteiger partial charge on any atom is 0.490 e. The van der Waals surface area contributed by atoms with Crippen LogP contribution in [0.1, 0.15) is 36.1 Å². The van der Waals surface area contributed by atoms with E-state index in [4.69, 9.17) is 24.1 Å². The predicted molar refractivity (Wildman–Crippen MR) is 109 cm³/mol. The number of hydrogen-bond acceptors (Lipinski definition) is 6. The smallest absolute Gasteiger partial charge is 0.475 e. The lowest BCUT2D eigenvalue weighted by molar-refractivity contribution is -0.192. The van der Waals surface area contributed by atoms with E-state index in [2.05, 4.69) is 23.3 Å². The molecule has 6 nitrogen and oxygen atoms in total. The Morgan fingerprint density at radius 1 is 1.39 bits per heavy atom. The summed E-state index contributed by atoms with van der Waals surface area (Å²) in [5.41, 5.74) is 1.47. The van der Waals surface area contributed by atoms with Crippen molar-refractivity contribution in [3.63, 3.8) is 0 Å². The van der Waals surface area contributed by atoms with Crippen molar-refractivity contribution in [2.75, 3.05) is 39.5 Å². The number of aryl methyl sites for hydroxylation is 1. The molecule has 1 aromatic heterocycles. The lowest BCUT2D eigenvalue weighted by Gasteiger charge is -2.24. The monoisotopic (exact) mass is 465 g/mol. The molecular formula is C21H30F3NO5S. The molecule has 0 bridgehead atoms. The minimum Gasteiger partial charge on any atom is -0.475 e. The van der Waals surface area contributed by atoms with E-state index >= 15 is 0 Å². The standard InChI is InChI=1S/C19H29NO3S.C2HF3O2/c1-15-4-9-24-18(15)11-20-6-5-19(14-20)10-17(13-23-19)22-12-16-2-7-21-8-3-16;3-2(4,5)1(6)7/h4,9,16-17H,2-3,5-8,10-14H2,1H3;(H,6,7)/t17-,19+;/m1./s1. The molecule has 31 heavy (non-hydrogen) atoms. The average Bonchev–Trinajstić information content (AvgIpc) is 3.43. The van der Waals surface area contributed by atoms with E-state index in [1.165, 1.54) is 10.4 Å². The van der Waals surface area contributed by atoms with Gasteiger partial charge in [-0.15, -0.1) is 11.3 Å². The fourth-order valence-electron chi connectivity index (χ4n) is 4.21. The van der Waals surface area contributed by atoms with Crippen LogP contribution in [-0.2, 0) is 25.5 Å². The van der Waals surface area contributed by atoms with Crippen LogP contribution in [0.15, 0.2) is 11.4 Å². The molecule has 3 aliphatic rings. The van der Waals surface area contributed by atoms with Crippen molar-refractivity contribution in [1.29, 1.82) is 0 Å². The molecule has 3 saturated heterocycles. The number of alkyl halides is 3. The first-order valence-electron chi connectivity index (χ1n) is 10.6. The Kier molecular flexibility index (Phi) is 8.37. The van der Waals surface area contributed by atoms with Crippen LogP contribution in [0.2, 0.25) is 0 Å². The molecule has 0 saturated carbocycles. The number of carboxylic acids is 1. The van der Waals surface area contributed by atoms with Crippen LogP contribution >= 0.6 is 11.3 Å². The molecule has 1 spiro atoms. The van der Waals surface area contributed by atoms with Gasteiger partial charge in [0.05, 0.1) is 24.9 Å². The molecule has 1 aromatic rings. The van der Waals surface area contributed by atoms with Crippen LogP contribution in [-0.4, -0.2) is 73.4 Å². The number of carbonyl (C=O) groups is 1. The van der Waals surface area contributed by atoms with Gasteiger partial charge in [0.15, 0.2) is 0 Å². The molecule has 0 aromatic carbocycles. The zero-order chi connectivity index (χ0) is 22.5. The highest BCUT2D eigenvalue weighted by molar-refractivity contribution is 7.10. The fraction of sp³-hybridized carbons (Fsp3) is 0.762. The summed E-state index contributed by atoms with van der Waals surface area (Å²) in [5, 5.41) is 9.32. The summed E-state index contributed by atoms with van der Waals surface area (Å²) in [5.74, 6) is -2.08. The van der Waals surface area contributed by atoms with Crippen LogP contribution in [0.3, 0.4) is 0 Å². The number of aliphatic carboxylic acids is 1. The minimum atomic E-state index is -5.08. The van der Waals surface area contributed by atoms with E-state index in [0.29, 0.717) is 5.92 Å². The van der Waals surface area contributed by atoms with Crippen molar-refractivity contribution in [2.24, 2.45) is 5.92 Å². The highest BCUT2D eigenvalue weighted by Crippen LogP contribution is 2.37. The molecule has 10 heteroatoms. The predicted octanol–water partition coefficient (Wildman–Crippen LogP) is 3.87. The Bertz CT molecular complexity index is 722. The summed E-state index contributed by atoms with van der Waals surface area (Å²) in [6, 6.07) is 2.22. The van der Waals surface area contributed by atoms with Gasteiger partial charge in [-0.05, 0) is 49.1 Å². The molecule has 4 heterocycles. The SMILES string of the molecule is Cc1ccsc1CN1CC[C@]2(C[C@@H](OCC3CCOCC3)CO2)C1.O=C(O)C(F)(F)F. The number of likely N-dealkylation sites (tertiary alicyclic amines) is 1. The Morgan fingerprint density at radius 3 is 2.71 bits per heavy atom. The van der Waals surface area contributed by atoms with Gasteiger partial charge in [0.2, 0.25) is 0 Å². The van der Waals surface area contributed by atoms with E-state index in [1.54, 1.807) is 0 Å². The topological polar surface area (TPSA) is 68.2 Å². The van der Waals surface area contributed by atoms with Gasteiger partial charge in [-0.2, -0.15) is 13.2 Å². The summed E-state index contributed by atoms with van der Waals surface area (Å²) in [6.07, 6.45) is -0.291. The number of carboxylic acid groups (broad SMARTS) is 1. The third-order valence-electron chi connectivity index (χ3n) is 6.06. The van der Waals surface area contributed by atoms with Crippen LogP contribution < -0.4 is 0 Å². The van der Waals surface area contributed by atoms with Gasteiger partial charge >= 0.3 is 12.1 Å². The molecule has 0 radical (unpaired) electrons. The van der Waals surface area contributed by atoms with Crippen molar-refractivity contribution >= 4 is 17.3 Å². The first-order valence-corrected chi connectivity index (χ1v) is 11.4. The van der Waals surface area contributed by atoms with Gasteiger partial charge in [-0.25, -0.2) is 4.79 Å². The van der Waals surface area contributed by atoms with Crippen LogP contribution in [0, 0.1) is 12.8 Å². The first-order chi connectivity index (χ1) is 14.7. The third kappa shape index (κ3) is 7.15.